The van der Waals surface area contributed by atoms with Crippen LogP contribution in [0.25, 0.3) is 0 Å². The van der Waals surface area contributed by atoms with E-state index in [1.165, 1.54) is 0 Å². The van der Waals surface area contributed by atoms with Crippen molar-refractivity contribution in [3.63, 3.8) is 0 Å². The lowest BCUT2D eigenvalue weighted by atomic mass is 9.49. The van der Waals surface area contributed by atoms with E-state index in [1.54, 1.807) is 73.7 Å². The van der Waals surface area contributed by atoms with Crippen molar-refractivity contribution < 1.29 is 42.2 Å². The molecule has 2 saturated heterocycles. The Morgan fingerprint density at radius 3 is 2.35 bits per heavy atom. The smallest absolute Gasteiger partial charge is 0.417 e. The zero-order valence-electron chi connectivity index (χ0n) is 29.9. The second-order valence-electron chi connectivity index (χ2n) is 14.5. The van der Waals surface area contributed by atoms with Gasteiger partial charge in [-0.2, -0.15) is 18.2 Å². The van der Waals surface area contributed by atoms with Crippen LogP contribution >= 0.6 is 34.8 Å². The van der Waals surface area contributed by atoms with E-state index in [-0.39, 0.29) is 31.9 Å². The van der Waals surface area contributed by atoms with E-state index in [0.29, 0.717) is 50.4 Å². The Kier molecular flexibility index (Phi) is 9.87. The zero-order chi connectivity index (χ0) is 40.6. The van der Waals surface area contributed by atoms with E-state index in [0.717, 1.165) is 15.5 Å². The first-order chi connectivity index (χ1) is 27.2. The molecule has 3 heterocycles. The number of nitrogens with zero attached hydrogens (tertiary/aromatic N) is 3. The number of aliphatic hydroxyl groups excluding tert-OH is 1. The predicted molar refractivity (Wildman–Crippen MR) is 205 cm³/mol. The quantitative estimate of drug-likeness (QED) is 0.135. The van der Waals surface area contributed by atoms with Crippen molar-refractivity contribution in [3.05, 3.63) is 128 Å². The van der Waals surface area contributed by atoms with Crippen LogP contribution in [0.3, 0.4) is 0 Å². The highest BCUT2D eigenvalue weighted by Crippen LogP contribution is 2.65. The van der Waals surface area contributed by atoms with Crippen LogP contribution in [0.1, 0.15) is 41.0 Å². The molecule has 3 fully saturated rings. The average Bonchev–Trinajstić information content (AvgIpc) is 3.56. The summed E-state index contributed by atoms with van der Waals surface area (Å²) in [6.45, 7) is 1.37. The number of ether oxygens (including phenoxy) is 1. The molecule has 0 unspecified atom stereocenters. The van der Waals surface area contributed by atoms with Crippen molar-refractivity contribution in [3.8, 4) is 5.75 Å². The monoisotopic (exact) mass is 838 g/mol. The number of aryl methyl sites for hydroxylation is 1. The molecule has 0 bridgehead atoms. The number of amides is 4. The van der Waals surface area contributed by atoms with Gasteiger partial charge >= 0.3 is 6.18 Å². The fourth-order valence-corrected chi connectivity index (χ4v) is 9.62. The summed E-state index contributed by atoms with van der Waals surface area (Å²) in [5.74, 6) is -7.17. The van der Waals surface area contributed by atoms with Gasteiger partial charge in [0.15, 0.2) is 5.82 Å². The summed E-state index contributed by atoms with van der Waals surface area (Å²) in [7, 11) is 0. The molecule has 8 rings (SSSR count). The number of benzene rings is 3. The van der Waals surface area contributed by atoms with Crippen LogP contribution in [0.15, 0.2) is 90.6 Å². The Morgan fingerprint density at radius 1 is 0.930 bits per heavy atom. The number of para-hydroxylation sites is 1. The number of fused-ring (bicyclic) bond motifs is 4. The van der Waals surface area contributed by atoms with Gasteiger partial charge in [0.2, 0.25) is 11.8 Å². The van der Waals surface area contributed by atoms with Crippen LogP contribution in [0.2, 0.25) is 15.1 Å². The summed E-state index contributed by atoms with van der Waals surface area (Å²) >= 11 is 19.1. The molecule has 2 aliphatic heterocycles. The fraction of sp³-hybridized carbons (Fsp3) is 0.293. The first-order valence-electron chi connectivity index (χ1n) is 18.0. The number of allylic oxidation sites excluding steroid dienone is 2. The third-order valence-corrected chi connectivity index (χ3v) is 12.5. The number of aliphatic hydroxyl groups is 1. The summed E-state index contributed by atoms with van der Waals surface area (Å²) in [5.41, 5.74) is 2.27. The van der Waals surface area contributed by atoms with Crippen molar-refractivity contribution >= 4 is 69.9 Å². The summed E-state index contributed by atoms with van der Waals surface area (Å²) in [5, 5.41) is 10.7. The molecule has 16 heteroatoms. The van der Waals surface area contributed by atoms with Gasteiger partial charge in [0.25, 0.3) is 11.8 Å². The van der Waals surface area contributed by atoms with Crippen molar-refractivity contribution in [1.82, 2.24) is 9.99 Å². The van der Waals surface area contributed by atoms with Gasteiger partial charge in [-0.25, -0.2) is 9.88 Å². The van der Waals surface area contributed by atoms with Gasteiger partial charge in [0.05, 0.1) is 46.0 Å². The number of pyridine rings is 1. The molecule has 10 nitrogen and oxygen atoms in total. The second kappa shape index (κ2) is 14.5. The van der Waals surface area contributed by atoms with E-state index >= 15 is 4.79 Å². The Balaban J connectivity index is 1.32. The minimum absolute atomic E-state index is 0.0652. The van der Waals surface area contributed by atoms with Crippen LogP contribution in [0.5, 0.6) is 5.75 Å². The fourth-order valence-electron chi connectivity index (χ4n) is 9.11. The molecule has 294 valence electrons. The average molecular weight is 840 g/mol. The normalized spacial score (nSPS) is 25.6. The summed E-state index contributed by atoms with van der Waals surface area (Å²) in [6, 6.07) is 18.9. The molecule has 4 aliphatic rings. The SMILES string of the molecule is Cc1ccc(N2C(=O)[C@H]3[C@H](CC=C4[C@H]3C[C@H]3C(=O)N(Nc5ncc(C(F)(F)F)cc5Cl)C(=O)[C@@]3(c3ccc(Cl)cc3)[C@H]4c3ccccc3OCCO)C2=O)cc1Cl. The highest BCUT2D eigenvalue weighted by Gasteiger charge is 2.70. The third-order valence-electron chi connectivity index (χ3n) is 11.5. The van der Waals surface area contributed by atoms with Crippen LogP contribution in [0.4, 0.5) is 24.7 Å². The van der Waals surface area contributed by atoms with Gasteiger partial charge in [0.1, 0.15) is 12.4 Å². The summed E-state index contributed by atoms with van der Waals surface area (Å²) < 4.78 is 46.6. The molecule has 3 aromatic carbocycles. The molecule has 2 N–H and O–H groups in total. The number of carbonyl (C=O) groups is 4. The maximum atomic E-state index is 15.4. The zero-order valence-corrected chi connectivity index (χ0v) is 32.2. The van der Waals surface area contributed by atoms with Gasteiger partial charge in [-0.05, 0) is 73.2 Å². The van der Waals surface area contributed by atoms with E-state index < -0.39 is 75.4 Å². The van der Waals surface area contributed by atoms with E-state index in [1.807, 2.05) is 6.08 Å². The molecule has 4 amide bonds. The van der Waals surface area contributed by atoms with Gasteiger partial charge in [-0.1, -0.05) is 82.9 Å². The topological polar surface area (TPSA) is 129 Å². The number of alkyl halides is 3. The third kappa shape index (κ3) is 6.17. The Hall–Kier alpha value is -4.95. The number of rotatable bonds is 8. The molecule has 0 spiro atoms. The molecule has 2 aliphatic carbocycles. The summed E-state index contributed by atoms with van der Waals surface area (Å²) in [6.07, 6.45) is -2.28. The van der Waals surface area contributed by atoms with E-state index in [2.05, 4.69) is 10.4 Å². The maximum absolute atomic E-state index is 15.4. The van der Waals surface area contributed by atoms with Crippen LogP contribution < -0.4 is 15.1 Å². The Labute approximate surface area is 339 Å². The van der Waals surface area contributed by atoms with Crippen LogP contribution in [0, 0.1) is 30.6 Å². The highest BCUT2D eigenvalue weighted by molar-refractivity contribution is 6.33. The molecule has 1 aromatic heterocycles. The van der Waals surface area contributed by atoms with Crippen LogP contribution in [-0.4, -0.2) is 51.9 Å². The number of halogens is 6. The van der Waals surface area contributed by atoms with Gasteiger partial charge in [-0.3, -0.25) is 24.6 Å². The molecule has 6 atom stereocenters. The van der Waals surface area contributed by atoms with Crippen molar-refractivity contribution in [2.24, 2.45) is 23.7 Å². The molecular weight excluding hydrogens is 808 g/mol. The Bertz CT molecular complexity index is 2380. The number of nitrogens with one attached hydrogen (secondary N) is 1. The van der Waals surface area contributed by atoms with E-state index in [4.69, 9.17) is 39.5 Å². The first-order valence-corrected chi connectivity index (χ1v) is 19.1. The maximum Gasteiger partial charge on any atom is 0.417 e. The molecular formula is C41H32Cl3F3N4O6. The Morgan fingerprint density at radius 2 is 1.67 bits per heavy atom. The number of hydrogen-bond donors (Lipinski definition) is 2. The molecule has 4 aromatic rings. The molecule has 1 saturated carbocycles. The van der Waals surface area contributed by atoms with E-state index in [9.17, 15) is 32.7 Å². The second-order valence-corrected chi connectivity index (χ2v) is 15.7. The molecule has 0 radical (unpaired) electrons. The molecule has 57 heavy (non-hydrogen) atoms. The number of carbonyl (C=O) groups excluding carboxylic acids is 4. The first kappa shape index (κ1) is 38.9. The van der Waals surface area contributed by atoms with Crippen molar-refractivity contribution in [1.29, 1.82) is 0 Å². The summed E-state index contributed by atoms with van der Waals surface area (Å²) in [4.78, 5) is 64.1. The number of imide groups is 2. The number of hydrogen-bond acceptors (Lipinski definition) is 8. The lowest BCUT2D eigenvalue weighted by Gasteiger charge is -2.50. The van der Waals surface area contributed by atoms with Crippen molar-refractivity contribution in [2.75, 3.05) is 23.5 Å². The largest absolute Gasteiger partial charge is 0.491 e. The lowest BCUT2D eigenvalue weighted by Crippen LogP contribution is -2.53. The van der Waals surface area contributed by atoms with Gasteiger partial charge in [0, 0.05) is 27.7 Å². The van der Waals surface area contributed by atoms with Gasteiger partial charge < -0.3 is 9.84 Å². The van der Waals surface area contributed by atoms with Crippen molar-refractivity contribution in [2.45, 2.75) is 37.3 Å². The number of anilines is 2. The standard InChI is InChI=1S/C41H32Cl3F3N4O6/c1-20-6-11-24(17-30(20)43)50-36(53)27-13-12-25-28(33(27)38(50)55)18-29-37(54)51(49-35-31(44)16-22(19-48-35)41(45,46)47)39(56)40(29,21-7-9-23(42)10-8-21)34(25)26-4-2-3-5-32(26)57-15-14-52/h2-12,16-17,19,27-29,33-34,52H,13-15,18H2,1H3,(H,48,49)/t27-,28+,29-,33-,34+,40+/m0/s1. The number of hydrazine groups is 1. The number of aromatic nitrogens is 1. The minimum Gasteiger partial charge on any atom is -0.491 e. The van der Waals surface area contributed by atoms with Crippen LogP contribution in [-0.2, 0) is 30.8 Å². The predicted octanol–water partition coefficient (Wildman–Crippen LogP) is 7.93. The lowest BCUT2D eigenvalue weighted by molar-refractivity contribution is -0.139. The van der Waals surface area contributed by atoms with Gasteiger partial charge in [-0.15, -0.1) is 0 Å². The minimum atomic E-state index is -4.76. The highest BCUT2D eigenvalue weighted by atomic mass is 35.5.